The van der Waals surface area contributed by atoms with Crippen LogP contribution in [0.5, 0.6) is 0 Å². The molecule has 1 atom stereocenters. The predicted molar refractivity (Wildman–Crippen MR) is 94.8 cm³/mol. The number of aliphatic carboxylic acids is 1. The number of para-hydroxylation sites is 1. The first-order chi connectivity index (χ1) is 10.5. The fourth-order valence-electron chi connectivity index (χ4n) is 3.74. The molecule has 4 heteroatoms. The van der Waals surface area contributed by atoms with Crippen LogP contribution in [0.2, 0.25) is 0 Å². The Labute approximate surface area is 138 Å². The van der Waals surface area contributed by atoms with E-state index in [2.05, 4.69) is 51.4 Å². The SMILES string of the molecule is CC(C)(C)N([C@@H](Cc1c[nH]c2ccccc12)C(=O)O)C(C)(C)C. The number of H-pyrrole nitrogens is 1. The molecule has 2 aromatic rings. The zero-order valence-corrected chi connectivity index (χ0v) is 15.0. The van der Waals surface area contributed by atoms with Crippen molar-refractivity contribution in [1.29, 1.82) is 0 Å². The second-order valence-electron chi connectivity index (χ2n) is 8.13. The van der Waals surface area contributed by atoms with E-state index in [-0.39, 0.29) is 11.1 Å². The lowest BCUT2D eigenvalue weighted by Gasteiger charge is -2.48. The normalized spacial score (nSPS) is 14.4. The van der Waals surface area contributed by atoms with Gasteiger partial charge < -0.3 is 10.1 Å². The summed E-state index contributed by atoms with van der Waals surface area (Å²) < 4.78 is 0. The van der Waals surface area contributed by atoms with Crippen LogP contribution in [-0.4, -0.2) is 38.1 Å². The van der Waals surface area contributed by atoms with Crippen molar-refractivity contribution in [2.45, 2.75) is 65.1 Å². The van der Waals surface area contributed by atoms with Crippen molar-refractivity contribution in [2.75, 3.05) is 0 Å². The maximum Gasteiger partial charge on any atom is 0.321 e. The molecule has 0 unspecified atom stereocenters. The summed E-state index contributed by atoms with van der Waals surface area (Å²) in [5.41, 5.74) is 1.61. The number of nitrogens with zero attached hydrogens (tertiary/aromatic N) is 1. The summed E-state index contributed by atoms with van der Waals surface area (Å²) in [5, 5.41) is 11.0. The molecule has 0 spiro atoms. The molecule has 0 fully saturated rings. The molecule has 126 valence electrons. The molecule has 0 bridgehead atoms. The number of benzene rings is 1. The second-order valence-corrected chi connectivity index (χ2v) is 8.13. The van der Waals surface area contributed by atoms with Crippen LogP contribution in [-0.2, 0) is 11.2 Å². The molecule has 1 heterocycles. The van der Waals surface area contributed by atoms with Gasteiger partial charge in [0, 0.05) is 34.6 Å². The number of rotatable bonds is 4. The van der Waals surface area contributed by atoms with Crippen LogP contribution < -0.4 is 0 Å². The van der Waals surface area contributed by atoms with Gasteiger partial charge in [-0.15, -0.1) is 0 Å². The van der Waals surface area contributed by atoms with Crippen molar-refractivity contribution in [3.8, 4) is 0 Å². The molecule has 0 amide bonds. The third kappa shape index (κ3) is 3.75. The molecule has 2 N–H and O–H groups in total. The van der Waals surface area contributed by atoms with Crippen LogP contribution >= 0.6 is 0 Å². The molecule has 0 saturated carbocycles. The number of fused-ring (bicyclic) bond motifs is 1. The lowest BCUT2D eigenvalue weighted by atomic mass is 9.90. The summed E-state index contributed by atoms with van der Waals surface area (Å²) in [6.45, 7) is 12.4. The summed E-state index contributed by atoms with van der Waals surface area (Å²) in [5.74, 6) is -0.778. The van der Waals surface area contributed by atoms with Crippen LogP contribution in [0.3, 0.4) is 0 Å². The van der Waals surface area contributed by atoms with Crippen LogP contribution in [0.1, 0.15) is 47.1 Å². The lowest BCUT2D eigenvalue weighted by Crippen LogP contribution is -2.60. The van der Waals surface area contributed by atoms with Gasteiger partial charge in [0.2, 0.25) is 0 Å². The molecule has 0 aliphatic carbocycles. The number of carbonyl (C=O) groups is 1. The fourth-order valence-corrected chi connectivity index (χ4v) is 3.74. The average Bonchev–Trinajstić information content (AvgIpc) is 2.78. The Morgan fingerprint density at radius 1 is 1.13 bits per heavy atom. The van der Waals surface area contributed by atoms with Gasteiger partial charge in [-0.05, 0) is 53.2 Å². The monoisotopic (exact) mass is 316 g/mol. The van der Waals surface area contributed by atoms with E-state index < -0.39 is 12.0 Å². The Bertz CT molecular complexity index is 675. The van der Waals surface area contributed by atoms with Gasteiger partial charge in [-0.1, -0.05) is 18.2 Å². The number of aromatic amines is 1. The maximum absolute atomic E-state index is 12.0. The Morgan fingerprint density at radius 3 is 2.22 bits per heavy atom. The molecule has 1 aromatic heterocycles. The number of hydrogen-bond acceptors (Lipinski definition) is 2. The Kier molecular flexibility index (Phi) is 4.58. The van der Waals surface area contributed by atoms with E-state index in [1.165, 1.54) is 0 Å². The van der Waals surface area contributed by atoms with Crippen molar-refractivity contribution < 1.29 is 9.90 Å². The first kappa shape index (κ1) is 17.5. The molecular formula is C19H28N2O2. The van der Waals surface area contributed by atoms with Gasteiger partial charge in [-0.3, -0.25) is 9.69 Å². The van der Waals surface area contributed by atoms with E-state index in [0.29, 0.717) is 6.42 Å². The van der Waals surface area contributed by atoms with E-state index >= 15 is 0 Å². The molecule has 0 saturated heterocycles. The molecule has 1 aromatic carbocycles. The molecule has 0 aliphatic heterocycles. The summed E-state index contributed by atoms with van der Waals surface area (Å²) in [7, 11) is 0. The zero-order chi connectivity index (χ0) is 17.4. The van der Waals surface area contributed by atoms with Gasteiger partial charge in [0.25, 0.3) is 0 Å². The van der Waals surface area contributed by atoms with Gasteiger partial charge in [0.15, 0.2) is 0 Å². The van der Waals surface area contributed by atoms with E-state index in [1.807, 2.05) is 30.5 Å². The molecule has 23 heavy (non-hydrogen) atoms. The van der Waals surface area contributed by atoms with Gasteiger partial charge in [-0.25, -0.2) is 0 Å². The van der Waals surface area contributed by atoms with E-state index in [1.54, 1.807) is 0 Å². The smallest absolute Gasteiger partial charge is 0.321 e. The van der Waals surface area contributed by atoms with Gasteiger partial charge >= 0.3 is 5.97 Å². The number of carboxylic acid groups (broad SMARTS) is 1. The quantitative estimate of drug-likeness (QED) is 0.894. The highest BCUT2D eigenvalue weighted by Crippen LogP contribution is 2.30. The minimum atomic E-state index is -0.778. The minimum Gasteiger partial charge on any atom is -0.480 e. The molecule has 0 radical (unpaired) electrons. The first-order valence-electron chi connectivity index (χ1n) is 8.09. The third-order valence-electron chi connectivity index (χ3n) is 4.13. The van der Waals surface area contributed by atoms with Crippen molar-refractivity contribution in [1.82, 2.24) is 9.88 Å². The summed E-state index contributed by atoms with van der Waals surface area (Å²) in [4.78, 5) is 17.4. The van der Waals surface area contributed by atoms with Crippen LogP contribution in [0.25, 0.3) is 10.9 Å². The Balaban J connectivity index is 2.44. The van der Waals surface area contributed by atoms with Crippen LogP contribution in [0.4, 0.5) is 0 Å². The van der Waals surface area contributed by atoms with Crippen LogP contribution in [0.15, 0.2) is 30.5 Å². The molecule has 2 rings (SSSR count). The van der Waals surface area contributed by atoms with Gasteiger partial charge in [-0.2, -0.15) is 0 Å². The molecule has 4 nitrogen and oxygen atoms in total. The maximum atomic E-state index is 12.0. The average molecular weight is 316 g/mol. The van der Waals surface area contributed by atoms with Gasteiger partial charge in [0.1, 0.15) is 6.04 Å². The Hall–Kier alpha value is -1.81. The highest BCUT2D eigenvalue weighted by Gasteiger charge is 2.40. The summed E-state index contributed by atoms with van der Waals surface area (Å²) in [6.07, 6.45) is 2.41. The Morgan fingerprint density at radius 2 is 1.70 bits per heavy atom. The van der Waals surface area contributed by atoms with E-state index in [4.69, 9.17) is 0 Å². The minimum absolute atomic E-state index is 0.243. The number of nitrogens with one attached hydrogen (secondary N) is 1. The fraction of sp³-hybridized carbons (Fsp3) is 0.526. The topological polar surface area (TPSA) is 56.3 Å². The van der Waals surface area contributed by atoms with E-state index in [9.17, 15) is 9.90 Å². The van der Waals surface area contributed by atoms with Crippen LogP contribution in [0, 0.1) is 0 Å². The van der Waals surface area contributed by atoms with Crippen molar-refractivity contribution in [2.24, 2.45) is 0 Å². The zero-order valence-electron chi connectivity index (χ0n) is 15.0. The molecule has 0 aliphatic rings. The largest absolute Gasteiger partial charge is 0.480 e. The van der Waals surface area contributed by atoms with Crippen molar-refractivity contribution in [3.05, 3.63) is 36.0 Å². The number of aromatic nitrogens is 1. The number of carboxylic acids is 1. The standard InChI is InChI=1S/C19H28N2O2/c1-18(2,3)21(19(4,5)6)16(17(22)23)11-13-12-20-15-10-8-7-9-14(13)15/h7-10,12,16,20H,11H2,1-6H3,(H,22,23)/t16-/m0/s1. The highest BCUT2D eigenvalue weighted by molar-refractivity contribution is 5.84. The lowest BCUT2D eigenvalue weighted by molar-refractivity contribution is -0.149. The number of hydrogen-bond donors (Lipinski definition) is 2. The highest BCUT2D eigenvalue weighted by atomic mass is 16.4. The third-order valence-corrected chi connectivity index (χ3v) is 4.13. The van der Waals surface area contributed by atoms with Gasteiger partial charge in [0.05, 0.1) is 0 Å². The van der Waals surface area contributed by atoms with E-state index in [0.717, 1.165) is 16.5 Å². The van der Waals surface area contributed by atoms with Crippen molar-refractivity contribution in [3.63, 3.8) is 0 Å². The second kappa shape index (κ2) is 6.00. The summed E-state index contributed by atoms with van der Waals surface area (Å²) in [6, 6.07) is 7.45. The first-order valence-corrected chi connectivity index (χ1v) is 8.09. The molecular weight excluding hydrogens is 288 g/mol. The predicted octanol–water partition coefficient (Wildman–Crippen LogP) is 4.06. The summed E-state index contributed by atoms with van der Waals surface area (Å²) >= 11 is 0. The van der Waals surface area contributed by atoms with Crippen molar-refractivity contribution >= 4 is 16.9 Å².